The number of nitrogens with zero attached hydrogens (tertiary/aromatic N) is 2. The van der Waals surface area contributed by atoms with E-state index < -0.39 is 0 Å². The van der Waals surface area contributed by atoms with Crippen LogP contribution in [0.5, 0.6) is 0 Å². The molecule has 1 heterocycles. The molecule has 15 heavy (non-hydrogen) atoms. The van der Waals surface area contributed by atoms with E-state index in [2.05, 4.69) is 21.0 Å². The number of hydrogen-bond acceptors (Lipinski definition) is 2. The first-order chi connectivity index (χ1) is 7.18. The van der Waals surface area contributed by atoms with Gasteiger partial charge < -0.3 is 0 Å². The third-order valence-electron chi connectivity index (χ3n) is 2.07. The molecule has 3 nitrogen and oxygen atoms in total. The van der Waals surface area contributed by atoms with E-state index in [0.717, 1.165) is 5.69 Å². The Morgan fingerprint density at radius 3 is 2.53 bits per heavy atom. The van der Waals surface area contributed by atoms with Crippen molar-refractivity contribution in [3.63, 3.8) is 0 Å². The van der Waals surface area contributed by atoms with Gasteiger partial charge in [0.1, 0.15) is 4.60 Å². The van der Waals surface area contributed by atoms with Crippen LogP contribution >= 0.6 is 15.9 Å². The molecule has 0 saturated carbocycles. The fourth-order valence-corrected chi connectivity index (χ4v) is 1.85. The molecule has 0 fully saturated rings. The van der Waals surface area contributed by atoms with Crippen LogP contribution in [0.1, 0.15) is 17.3 Å². The van der Waals surface area contributed by atoms with E-state index in [4.69, 9.17) is 0 Å². The topological polar surface area (TPSA) is 34.9 Å². The molecule has 76 valence electrons. The summed E-state index contributed by atoms with van der Waals surface area (Å²) in [5, 5.41) is 4.21. The number of carbonyl (C=O) groups is 1. The van der Waals surface area contributed by atoms with Gasteiger partial charge in [-0.3, -0.25) is 4.79 Å². The Kier molecular flexibility index (Phi) is 2.68. The van der Waals surface area contributed by atoms with E-state index in [1.165, 1.54) is 6.92 Å². The van der Waals surface area contributed by atoms with E-state index in [1.807, 2.05) is 30.3 Å². The maximum atomic E-state index is 11.2. The fraction of sp³-hybridized carbons (Fsp3) is 0.0909. The third kappa shape index (κ3) is 1.99. The summed E-state index contributed by atoms with van der Waals surface area (Å²) in [6, 6.07) is 9.66. The van der Waals surface area contributed by atoms with E-state index >= 15 is 0 Å². The van der Waals surface area contributed by atoms with Gasteiger partial charge in [-0.1, -0.05) is 18.2 Å². The average molecular weight is 265 g/mol. The Hall–Kier alpha value is -1.42. The van der Waals surface area contributed by atoms with Gasteiger partial charge in [-0.2, -0.15) is 5.10 Å². The molecule has 0 aliphatic carbocycles. The Morgan fingerprint density at radius 1 is 1.33 bits per heavy atom. The maximum Gasteiger partial charge on any atom is 0.164 e. The molecule has 0 bridgehead atoms. The molecular weight excluding hydrogens is 256 g/mol. The smallest absolute Gasteiger partial charge is 0.164 e. The minimum absolute atomic E-state index is 0.00376. The molecule has 4 heteroatoms. The highest BCUT2D eigenvalue weighted by molar-refractivity contribution is 9.10. The summed E-state index contributed by atoms with van der Waals surface area (Å²) in [6.07, 6.45) is 1.72. The van der Waals surface area contributed by atoms with Crippen LogP contribution in [0, 0.1) is 0 Å². The van der Waals surface area contributed by atoms with Gasteiger partial charge in [-0.05, 0) is 35.0 Å². The van der Waals surface area contributed by atoms with Crippen LogP contribution < -0.4 is 0 Å². The molecule has 0 spiro atoms. The van der Waals surface area contributed by atoms with E-state index in [1.54, 1.807) is 10.9 Å². The van der Waals surface area contributed by atoms with E-state index in [-0.39, 0.29) is 5.78 Å². The summed E-state index contributed by atoms with van der Waals surface area (Å²) in [7, 11) is 0. The van der Waals surface area contributed by atoms with Crippen molar-refractivity contribution in [3.8, 4) is 5.69 Å². The van der Waals surface area contributed by atoms with Crippen molar-refractivity contribution in [2.24, 2.45) is 0 Å². The second-order valence-corrected chi connectivity index (χ2v) is 3.92. The van der Waals surface area contributed by atoms with Gasteiger partial charge in [0.2, 0.25) is 0 Å². The number of rotatable bonds is 2. The molecule has 0 saturated heterocycles. The van der Waals surface area contributed by atoms with Crippen LogP contribution in [0.2, 0.25) is 0 Å². The molecule has 0 aliphatic heterocycles. The molecular formula is C11H9BrN2O. The first kappa shape index (κ1) is 10.1. The number of halogens is 1. The standard InChI is InChI=1S/C11H9BrN2O/c1-8(15)10-7-14(13-11(10)12)9-5-3-2-4-6-9/h2-7H,1H3. The Labute approximate surface area is 95.9 Å². The van der Waals surface area contributed by atoms with Crippen molar-refractivity contribution in [2.45, 2.75) is 6.92 Å². The lowest BCUT2D eigenvalue weighted by atomic mass is 10.2. The Morgan fingerprint density at radius 2 is 2.00 bits per heavy atom. The van der Waals surface area contributed by atoms with Gasteiger partial charge in [0.15, 0.2) is 5.78 Å². The van der Waals surface area contributed by atoms with Crippen LogP contribution in [-0.2, 0) is 0 Å². The van der Waals surface area contributed by atoms with Crippen molar-refractivity contribution < 1.29 is 4.79 Å². The predicted octanol–water partition coefficient (Wildman–Crippen LogP) is 2.84. The minimum Gasteiger partial charge on any atom is -0.294 e. The largest absolute Gasteiger partial charge is 0.294 e. The van der Waals surface area contributed by atoms with Crippen LogP contribution in [0.15, 0.2) is 41.1 Å². The van der Waals surface area contributed by atoms with Crippen LogP contribution in [0.25, 0.3) is 5.69 Å². The third-order valence-corrected chi connectivity index (χ3v) is 2.65. The first-order valence-electron chi connectivity index (χ1n) is 4.50. The van der Waals surface area contributed by atoms with Gasteiger partial charge in [0.25, 0.3) is 0 Å². The summed E-state index contributed by atoms with van der Waals surface area (Å²) in [5.74, 6) is 0.00376. The molecule has 2 aromatic rings. The molecule has 0 aliphatic rings. The predicted molar refractivity (Wildman–Crippen MR) is 61.3 cm³/mol. The summed E-state index contributed by atoms with van der Waals surface area (Å²) in [6.45, 7) is 1.52. The monoisotopic (exact) mass is 264 g/mol. The zero-order valence-corrected chi connectivity index (χ0v) is 9.73. The lowest BCUT2D eigenvalue weighted by Gasteiger charge is -1.98. The van der Waals surface area contributed by atoms with Crippen molar-refractivity contribution in [3.05, 3.63) is 46.7 Å². The first-order valence-corrected chi connectivity index (χ1v) is 5.29. The molecule has 2 rings (SSSR count). The zero-order valence-electron chi connectivity index (χ0n) is 8.14. The molecule has 1 aromatic heterocycles. The van der Waals surface area contributed by atoms with Gasteiger partial charge in [0.05, 0.1) is 11.3 Å². The Balaban J connectivity index is 2.48. The summed E-state index contributed by atoms with van der Waals surface area (Å²) in [5.41, 5.74) is 1.53. The number of para-hydroxylation sites is 1. The molecule has 0 unspecified atom stereocenters. The van der Waals surface area contributed by atoms with Crippen molar-refractivity contribution in [1.82, 2.24) is 9.78 Å². The van der Waals surface area contributed by atoms with Gasteiger partial charge in [0, 0.05) is 6.20 Å². The second-order valence-electron chi connectivity index (χ2n) is 3.17. The maximum absolute atomic E-state index is 11.2. The number of carbonyl (C=O) groups excluding carboxylic acids is 1. The lowest BCUT2D eigenvalue weighted by molar-refractivity contribution is 0.101. The highest BCUT2D eigenvalue weighted by Crippen LogP contribution is 2.17. The number of ketones is 1. The number of aromatic nitrogens is 2. The second kappa shape index (κ2) is 3.98. The quantitative estimate of drug-likeness (QED) is 0.782. The highest BCUT2D eigenvalue weighted by atomic mass is 79.9. The number of benzene rings is 1. The van der Waals surface area contributed by atoms with Gasteiger partial charge in [-0.25, -0.2) is 4.68 Å². The van der Waals surface area contributed by atoms with Crippen LogP contribution in [0.4, 0.5) is 0 Å². The van der Waals surface area contributed by atoms with Crippen molar-refractivity contribution >= 4 is 21.7 Å². The molecule has 0 amide bonds. The van der Waals surface area contributed by atoms with Gasteiger partial charge in [-0.15, -0.1) is 0 Å². The molecule has 0 radical (unpaired) electrons. The molecule has 0 atom stereocenters. The summed E-state index contributed by atoms with van der Waals surface area (Å²) in [4.78, 5) is 11.2. The number of Topliss-reactive ketones (excluding diaryl/α,β-unsaturated/α-hetero) is 1. The van der Waals surface area contributed by atoms with Crippen LogP contribution in [0.3, 0.4) is 0 Å². The van der Waals surface area contributed by atoms with Gasteiger partial charge >= 0.3 is 0 Å². The number of hydrogen-bond donors (Lipinski definition) is 0. The molecule has 0 N–H and O–H groups in total. The average Bonchev–Trinajstić information content (AvgIpc) is 2.62. The van der Waals surface area contributed by atoms with Crippen molar-refractivity contribution in [2.75, 3.05) is 0 Å². The summed E-state index contributed by atoms with van der Waals surface area (Å²) < 4.78 is 2.26. The van der Waals surface area contributed by atoms with E-state index in [0.29, 0.717) is 10.2 Å². The van der Waals surface area contributed by atoms with E-state index in [9.17, 15) is 4.79 Å². The normalized spacial score (nSPS) is 10.3. The highest BCUT2D eigenvalue weighted by Gasteiger charge is 2.10. The zero-order chi connectivity index (χ0) is 10.8. The minimum atomic E-state index is 0.00376. The fourth-order valence-electron chi connectivity index (χ4n) is 1.30. The Bertz CT molecular complexity index is 491. The summed E-state index contributed by atoms with van der Waals surface area (Å²) >= 11 is 3.26. The lowest BCUT2D eigenvalue weighted by Crippen LogP contribution is -1.93. The molecule has 1 aromatic carbocycles. The van der Waals surface area contributed by atoms with Crippen molar-refractivity contribution in [1.29, 1.82) is 0 Å². The van der Waals surface area contributed by atoms with Crippen LogP contribution in [-0.4, -0.2) is 15.6 Å². The SMILES string of the molecule is CC(=O)c1cn(-c2ccccc2)nc1Br.